The molecule has 0 amide bonds. The van der Waals surface area contributed by atoms with Gasteiger partial charge in [0.2, 0.25) is 0 Å². The van der Waals surface area contributed by atoms with Crippen molar-refractivity contribution in [3.05, 3.63) is 60.2 Å². The molecular formula is C16H12O3. The molecule has 2 aromatic carbocycles. The predicted molar refractivity (Wildman–Crippen MR) is 73.0 cm³/mol. The molecule has 0 bridgehead atoms. The van der Waals surface area contributed by atoms with E-state index in [1.165, 1.54) is 7.11 Å². The smallest absolute Gasteiger partial charge is 0.342 e. The normalized spacial score (nSPS) is 10.6. The lowest BCUT2D eigenvalue weighted by atomic mass is 10.1. The standard InChI is InChI=1S/C16H12O3/c1-18-16(17)14-12-9-5-6-10-13(12)19-15(14)11-7-3-2-4-8-11/h2-10H,1H3. The molecule has 1 heterocycles. The average Bonchev–Trinajstić information content (AvgIpc) is 2.87. The van der Waals surface area contributed by atoms with Gasteiger partial charge in [0.25, 0.3) is 0 Å². The van der Waals surface area contributed by atoms with Crippen LogP contribution in [0.3, 0.4) is 0 Å². The van der Waals surface area contributed by atoms with Crippen LogP contribution in [0.25, 0.3) is 22.3 Å². The zero-order valence-corrected chi connectivity index (χ0v) is 10.4. The summed E-state index contributed by atoms with van der Waals surface area (Å²) in [5.74, 6) is 0.164. The third-order valence-corrected chi connectivity index (χ3v) is 3.02. The van der Waals surface area contributed by atoms with Crippen LogP contribution >= 0.6 is 0 Å². The Morgan fingerprint density at radius 3 is 2.42 bits per heavy atom. The second-order valence-electron chi connectivity index (χ2n) is 4.16. The van der Waals surface area contributed by atoms with Gasteiger partial charge in [0.15, 0.2) is 0 Å². The average molecular weight is 252 g/mol. The minimum atomic E-state index is -0.385. The summed E-state index contributed by atoms with van der Waals surface area (Å²) in [5.41, 5.74) is 2.02. The molecule has 0 saturated heterocycles. The Labute approximate surface area is 110 Å². The van der Waals surface area contributed by atoms with Crippen molar-refractivity contribution in [1.82, 2.24) is 0 Å². The first-order chi connectivity index (χ1) is 9.31. The van der Waals surface area contributed by atoms with E-state index in [1.807, 2.05) is 54.6 Å². The van der Waals surface area contributed by atoms with Crippen LogP contribution in [0.15, 0.2) is 59.0 Å². The van der Waals surface area contributed by atoms with Gasteiger partial charge in [-0.3, -0.25) is 0 Å². The number of furan rings is 1. The fraction of sp³-hybridized carbons (Fsp3) is 0.0625. The van der Waals surface area contributed by atoms with Crippen molar-refractivity contribution in [3.8, 4) is 11.3 Å². The van der Waals surface area contributed by atoms with Gasteiger partial charge >= 0.3 is 5.97 Å². The van der Waals surface area contributed by atoms with Crippen molar-refractivity contribution in [3.63, 3.8) is 0 Å². The van der Waals surface area contributed by atoms with Crippen LogP contribution in [0, 0.1) is 0 Å². The van der Waals surface area contributed by atoms with Crippen LogP contribution in [0.1, 0.15) is 10.4 Å². The van der Waals surface area contributed by atoms with E-state index in [0.29, 0.717) is 16.9 Å². The van der Waals surface area contributed by atoms with Crippen LogP contribution in [0.4, 0.5) is 0 Å². The molecule has 3 aromatic rings. The van der Waals surface area contributed by atoms with E-state index in [2.05, 4.69) is 0 Å². The highest BCUT2D eigenvalue weighted by molar-refractivity contribution is 6.08. The molecule has 0 aliphatic heterocycles. The van der Waals surface area contributed by atoms with Crippen LogP contribution in [0.2, 0.25) is 0 Å². The number of esters is 1. The van der Waals surface area contributed by atoms with Crippen LogP contribution < -0.4 is 0 Å². The summed E-state index contributed by atoms with van der Waals surface area (Å²) >= 11 is 0. The summed E-state index contributed by atoms with van der Waals surface area (Å²) in [6.07, 6.45) is 0. The van der Waals surface area contributed by atoms with Crippen molar-refractivity contribution in [2.45, 2.75) is 0 Å². The number of benzene rings is 2. The topological polar surface area (TPSA) is 39.4 Å². The zero-order valence-electron chi connectivity index (χ0n) is 10.4. The Balaban J connectivity index is 2.32. The van der Waals surface area contributed by atoms with Crippen molar-refractivity contribution >= 4 is 16.9 Å². The van der Waals surface area contributed by atoms with E-state index >= 15 is 0 Å². The van der Waals surface area contributed by atoms with Crippen molar-refractivity contribution in [1.29, 1.82) is 0 Å². The lowest BCUT2D eigenvalue weighted by Crippen LogP contribution is -2.01. The number of fused-ring (bicyclic) bond motifs is 1. The van der Waals surface area contributed by atoms with Gasteiger partial charge in [-0.05, 0) is 6.07 Å². The highest BCUT2D eigenvalue weighted by Crippen LogP contribution is 2.33. The fourth-order valence-corrected chi connectivity index (χ4v) is 2.14. The molecule has 19 heavy (non-hydrogen) atoms. The number of carbonyl (C=O) groups is 1. The highest BCUT2D eigenvalue weighted by atomic mass is 16.5. The summed E-state index contributed by atoms with van der Waals surface area (Å²) in [7, 11) is 1.37. The molecule has 0 N–H and O–H groups in total. The molecular weight excluding hydrogens is 240 g/mol. The molecule has 0 aliphatic carbocycles. The van der Waals surface area contributed by atoms with Gasteiger partial charge in [-0.1, -0.05) is 48.5 Å². The molecule has 3 heteroatoms. The molecule has 0 spiro atoms. The largest absolute Gasteiger partial charge is 0.465 e. The molecule has 0 radical (unpaired) electrons. The van der Waals surface area contributed by atoms with Gasteiger partial charge < -0.3 is 9.15 Å². The van der Waals surface area contributed by atoms with Crippen LogP contribution in [0.5, 0.6) is 0 Å². The number of ether oxygens (including phenoxy) is 1. The molecule has 94 valence electrons. The Kier molecular flexibility index (Phi) is 2.80. The van der Waals surface area contributed by atoms with E-state index in [1.54, 1.807) is 0 Å². The van der Waals surface area contributed by atoms with E-state index in [-0.39, 0.29) is 5.97 Å². The quantitative estimate of drug-likeness (QED) is 0.649. The van der Waals surface area contributed by atoms with Crippen LogP contribution in [-0.4, -0.2) is 13.1 Å². The summed E-state index contributed by atoms with van der Waals surface area (Å²) in [4.78, 5) is 12.0. The maximum absolute atomic E-state index is 12.0. The number of rotatable bonds is 2. The third kappa shape index (κ3) is 1.89. The Morgan fingerprint density at radius 2 is 1.68 bits per heavy atom. The van der Waals surface area contributed by atoms with E-state index in [9.17, 15) is 4.79 Å². The molecule has 1 aromatic heterocycles. The summed E-state index contributed by atoms with van der Waals surface area (Å²) in [6.45, 7) is 0. The second-order valence-corrected chi connectivity index (χ2v) is 4.16. The van der Waals surface area contributed by atoms with E-state index < -0.39 is 0 Å². The van der Waals surface area contributed by atoms with E-state index in [4.69, 9.17) is 9.15 Å². The summed E-state index contributed by atoms with van der Waals surface area (Å²) in [6, 6.07) is 17.0. The first-order valence-corrected chi connectivity index (χ1v) is 5.96. The van der Waals surface area contributed by atoms with Gasteiger partial charge in [0.05, 0.1) is 7.11 Å². The summed E-state index contributed by atoms with van der Waals surface area (Å²) < 4.78 is 10.7. The predicted octanol–water partition coefficient (Wildman–Crippen LogP) is 3.89. The minimum Gasteiger partial charge on any atom is -0.465 e. The van der Waals surface area contributed by atoms with Gasteiger partial charge in [-0.25, -0.2) is 4.79 Å². The number of hydrogen-bond acceptors (Lipinski definition) is 3. The molecule has 0 aliphatic rings. The second kappa shape index (κ2) is 4.61. The van der Waals surface area contributed by atoms with Gasteiger partial charge in [-0.15, -0.1) is 0 Å². The summed E-state index contributed by atoms with van der Waals surface area (Å²) in [5, 5.41) is 0.771. The first-order valence-electron chi connectivity index (χ1n) is 5.96. The number of carbonyl (C=O) groups excluding carboxylic acids is 1. The fourth-order valence-electron chi connectivity index (χ4n) is 2.14. The molecule has 0 fully saturated rings. The van der Waals surface area contributed by atoms with Crippen molar-refractivity contribution in [2.75, 3.05) is 7.11 Å². The molecule has 0 unspecified atom stereocenters. The van der Waals surface area contributed by atoms with Crippen LogP contribution in [-0.2, 0) is 4.74 Å². The molecule has 0 saturated carbocycles. The lowest BCUT2D eigenvalue weighted by molar-refractivity contribution is 0.0603. The number of methoxy groups -OCH3 is 1. The Bertz CT molecular complexity index is 726. The van der Waals surface area contributed by atoms with E-state index in [0.717, 1.165) is 10.9 Å². The zero-order chi connectivity index (χ0) is 13.2. The Hall–Kier alpha value is -2.55. The molecule has 0 atom stereocenters. The SMILES string of the molecule is COC(=O)c1c(-c2ccccc2)oc2ccccc12. The van der Waals surface area contributed by atoms with Crippen molar-refractivity contribution in [2.24, 2.45) is 0 Å². The minimum absolute atomic E-state index is 0.385. The maximum atomic E-state index is 12.0. The number of para-hydroxylation sites is 1. The molecule has 3 rings (SSSR count). The Morgan fingerprint density at radius 1 is 1.00 bits per heavy atom. The first kappa shape index (κ1) is 11.5. The maximum Gasteiger partial charge on any atom is 0.342 e. The lowest BCUT2D eigenvalue weighted by Gasteiger charge is -2.01. The monoisotopic (exact) mass is 252 g/mol. The van der Waals surface area contributed by atoms with Crippen molar-refractivity contribution < 1.29 is 13.9 Å². The third-order valence-electron chi connectivity index (χ3n) is 3.02. The van der Waals surface area contributed by atoms with Gasteiger partial charge in [0.1, 0.15) is 16.9 Å². The number of hydrogen-bond donors (Lipinski definition) is 0. The molecule has 3 nitrogen and oxygen atoms in total. The van der Waals surface area contributed by atoms with Gasteiger partial charge in [0, 0.05) is 10.9 Å². The highest BCUT2D eigenvalue weighted by Gasteiger charge is 2.22. The van der Waals surface area contributed by atoms with Gasteiger partial charge in [-0.2, -0.15) is 0 Å².